The lowest BCUT2D eigenvalue weighted by molar-refractivity contribution is -0.130. The fourth-order valence-corrected chi connectivity index (χ4v) is 4.63. The van der Waals surface area contributed by atoms with Gasteiger partial charge in [-0.15, -0.1) is 0 Å². The van der Waals surface area contributed by atoms with E-state index in [4.69, 9.17) is 4.74 Å². The van der Waals surface area contributed by atoms with E-state index in [0.717, 1.165) is 30.2 Å². The molecule has 0 saturated carbocycles. The van der Waals surface area contributed by atoms with Crippen molar-refractivity contribution in [1.29, 1.82) is 0 Å². The summed E-state index contributed by atoms with van der Waals surface area (Å²) in [4.78, 5) is 40.0. The Bertz CT molecular complexity index is 1190. The van der Waals surface area contributed by atoms with Gasteiger partial charge in [-0.3, -0.25) is 14.4 Å². The SMILES string of the molecule is COc1ccc(C(=O)Nc2ccccc2C(=O)Nc2ccc(CC(=O)N3CCSCC3)cc2)cc1. The number of benzene rings is 3. The molecule has 35 heavy (non-hydrogen) atoms. The number of methoxy groups -OCH3 is 1. The minimum absolute atomic E-state index is 0.128. The van der Waals surface area contributed by atoms with Crippen molar-refractivity contribution in [2.24, 2.45) is 0 Å². The van der Waals surface area contributed by atoms with Gasteiger partial charge >= 0.3 is 0 Å². The Labute approximate surface area is 208 Å². The Kier molecular flexibility index (Phi) is 8.05. The van der Waals surface area contributed by atoms with E-state index in [1.807, 2.05) is 28.8 Å². The van der Waals surface area contributed by atoms with Gasteiger partial charge in [0.25, 0.3) is 11.8 Å². The number of para-hydroxylation sites is 1. The number of ether oxygens (including phenoxy) is 1. The van der Waals surface area contributed by atoms with E-state index >= 15 is 0 Å². The Balaban J connectivity index is 1.39. The molecule has 3 aromatic carbocycles. The first-order valence-electron chi connectivity index (χ1n) is 11.3. The second-order valence-electron chi connectivity index (χ2n) is 8.05. The quantitative estimate of drug-likeness (QED) is 0.516. The molecular formula is C27H27N3O4S. The maximum Gasteiger partial charge on any atom is 0.257 e. The summed E-state index contributed by atoms with van der Waals surface area (Å²) in [6.07, 6.45) is 0.346. The van der Waals surface area contributed by atoms with Crippen molar-refractivity contribution in [3.8, 4) is 5.75 Å². The number of carbonyl (C=O) groups excluding carboxylic acids is 3. The van der Waals surface area contributed by atoms with Crippen molar-refractivity contribution < 1.29 is 19.1 Å². The summed E-state index contributed by atoms with van der Waals surface area (Å²) in [6.45, 7) is 1.60. The van der Waals surface area contributed by atoms with E-state index < -0.39 is 0 Å². The van der Waals surface area contributed by atoms with Crippen molar-refractivity contribution in [3.05, 3.63) is 89.5 Å². The van der Waals surface area contributed by atoms with Gasteiger partial charge in [-0.2, -0.15) is 11.8 Å². The van der Waals surface area contributed by atoms with Crippen LogP contribution in [0.5, 0.6) is 5.75 Å². The highest BCUT2D eigenvalue weighted by Crippen LogP contribution is 2.20. The normalized spacial score (nSPS) is 13.1. The van der Waals surface area contributed by atoms with Crippen LogP contribution < -0.4 is 15.4 Å². The van der Waals surface area contributed by atoms with E-state index in [2.05, 4.69) is 10.6 Å². The molecule has 0 bridgehead atoms. The minimum atomic E-state index is -0.342. The molecule has 180 valence electrons. The number of hydrogen-bond acceptors (Lipinski definition) is 5. The average molecular weight is 490 g/mol. The van der Waals surface area contributed by atoms with Crippen LogP contribution in [0.1, 0.15) is 26.3 Å². The fraction of sp³-hybridized carbons (Fsp3) is 0.222. The molecule has 3 amide bonds. The molecule has 2 N–H and O–H groups in total. The highest BCUT2D eigenvalue weighted by Gasteiger charge is 2.17. The van der Waals surface area contributed by atoms with E-state index in [-0.39, 0.29) is 17.7 Å². The number of carbonyl (C=O) groups is 3. The van der Waals surface area contributed by atoms with Crippen LogP contribution in [0.15, 0.2) is 72.8 Å². The molecule has 1 aliphatic rings. The summed E-state index contributed by atoms with van der Waals surface area (Å²) in [7, 11) is 1.56. The van der Waals surface area contributed by atoms with Crippen molar-refractivity contribution in [1.82, 2.24) is 4.90 Å². The summed E-state index contributed by atoms with van der Waals surface area (Å²) < 4.78 is 5.12. The zero-order valence-corrected chi connectivity index (χ0v) is 20.3. The zero-order chi connectivity index (χ0) is 24.6. The molecule has 0 aromatic heterocycles. The lowest BCUT2D eigenvalue weighted by Crippen LogP contribution is -2.38. The number of hydrogen-bond donors (Lipinski definition) is 2. The van der Waals surface area contributed by atoms with E-state index in [1.165, 1.54) is 0 Å². The largest absolute Gasteiger partial charge is 0.497 e. The fourth-order valence-electron chi connectivity index (χ4n) is 3.73. The van der Waals surface area contributed by atoms with Crippen LogP contribution in [0, 0.1) is 0 Å². The van der Waals surface area contributed by atoms with E-state index in [1.54, 1.807) is 67.8 Å². The van der Waals surface area contributed by atoms with Gasteiger partial charge in [0.1, 0.15) is 5.75 Å². The Hall–Kier alpha value is -3.78. The van der Waals surface area contributed by atoms with Crippen molar-refractivity contribution in [2.45, 2.75) is 6.42 Å². The number of anilines is 2. The second kappa shape index (κ2) is 11.6. The topological polar surface area (TPSA) is 87.7 Å². The monoisotopic (exact) mass is 489 g/mol. The van der Waals surface area contributed by atoms with Crippen LogP contribution in [0.3, 0.4) is 0 Å². The average Bonchev–Trinajstić information content (AvgIpc) is 2.90. The van der Waals surface area contributed by atoms with Gasteiger partial charge in [0, 0.05) is 35.8 Å². The number of nitrogens with one attached hydrogen (secondary N) is 2. The molecule has 0 radical (unpaired) electrons. The Morgan fingerprint density at radius 1 is 0.857 bits per heavy atom. The molecule has 0 atom stereocenters. The summed E-state index contributed by atoms with van der Waals surface area (Å²) in [6, 6.07) is 20.8. The van der Waals surface area contributed by atoms with Gasteiger partial charge in [-0.1, -0.05) is 24.3 Å². The number of nitrogens with zero attached hydrogens (tertiary/aromatic N) is 1. The third-order valence-corrected chi connectivity index (χ3v) is 6.65. The lowest BCUT2D eigenvalue weighted by Gasteiger charge is -2.26. The van der Waals surface area contributed by atoms with Crippen LogP contribution in [0.4, 0.5) is 11.4 Å². The lowest BCUT2D eigenvalue weighted by atomic mass is 10.1. The summed E-state index contributed by atoms with van der Waals surface area (Å²) in [5, 5.41) is 5.67. The maximum absolute atomic E-state index is 13.0. The van der Waals surface area contributed by atoms with Crippen molar-refractivity contribution in [3.63, 3.8) is 0 Å². The summed E-state index contributed by atoms with van der Waals surface area (Å²) in [5.41, 5.74) is 2.72. The third-order valence-electron chi connectivity index (χ3n) is 5.70. The molecular weight excluding hydrogens is 462 g/mol. The van der Waals surface area contributed by atoms with Gasteiger partial charge in [0.05, 0.1) is 24.8 Å². The molecule has 8 heteroatoms. The minimum Gasteiger partial charge on any atom is -0.497 e. The number of amides is 3. The van der Waals surface area contributed by atoms with Gasteiger partial charge in [-0.05, 0) is 54.1 Å². The molecule has 7 nitrogen and oxygen atoms in total. The van der Waals surface area contributed by atoms with Crippen molar-refractivity contribution >= 4 is 40.9 Å². The molecule has 1 aliphatic heterocycles. The van der Waals surface area contributed by atoms with Gasteiger partial charge in [0.2, 0.25) is 5.91 Å². The Morgan fingerprint density at radius 3 is 2.23 bits per heavy atom. The standard InChI is InChI=1S/C27H27N3O4S/c1-34-22-12-8-20(9-13-22)26(32)29-24-5-3-2-4-23(24)27(33)28-21-10-6-19(7-11-21)18-25(31)30-14-16-35-17-15-30/h2-13H,14-18H2,1H3,(H,28,33)(H,29,32). The molecule has 4 rings (SSSR count). The van der Waals surface area contributed by atoms with Crippen LogP contribution in [-0.4, -0.2) is 54.3 Å². The van der Waals surface area contributed by atoms with Crippen LogP contribution in [0.2, 0.25) is 0 Å². The summed E-state index contributed by atoms with van der Waals surface area (Å²) in [5.74, 6) is 2.09. The smallest absolute Gasteiger partial charge is 0.257 e. The highest BCUT2D eigenvalue weighted by atomic mass is 32.2. The molecule has 0 spiro atoms. The second-order valence-corrected chi connectivity index (χ2v) is 9.27. The van der Waals surface area contributed by atoms with Gasteiger partial charge < -0.3 is 20.3 Å². The predicted octanol–water partition coefficient (Wildman–Crippen LogP) is 4.32. The molecule has 0 unspecified atom stereocenters. The molecule has 1 saturated heterocycles. The van der Waals surface area contributed by atoms with Crippen LogP contribution >= 0.6 is 11.8 Å². The highest BCUT2D eigenvalue weighted by molar-refractivity contribution is 7.99. The first-order valence-corrected chi connectivity index (χ1v) is 12.5. The third kappa shape index (κ3) is 6.42. The van der Waals surface area contributed by atoms with E-state index in [9.17, 15) is 14.4 Å². The zero-order valence-electron chi connectivity index (χ0n) is 19.5. The van der Waals surface area contributed by atoms with Crippen LogP contribution in [-0.2, 0) is 11.2 Å². The first kappa shape index (κ1) is 24.3. The maximum atomic E-state index is 13.0. The first-order chi connectivity index (χ1) is 17.0. The van der Waals surface area contributed by atoms with Crippen LogP contribution in [0.25, 0.3) is 0 Å². The Morgan fingerprint density at radius 2 is 1.54 bits per heavy atom. The summed E-state index contributed by atoms with van der Waals surface area (Å²) >= 11 is 1.87. The molecule has 3 aromatic rings. The van der Waals surface area contributed by atoms with Crippen molar-refractivity contribution in [2.75, 3.05) is 42.3 Å². The molecule has 1 fully saturated rings. The van der Waals surface area contributed by atoms with Gasteiger partial charge in [0.15, 0.2) is 0 Å². The number of thioether (sulfide) groups is 1. The number of rotatable bonds is 7. The molecule has 0 aliphatic carbocycles. The van der Waals surface area contributed by atoms with E-state index in [0.29, 0.717) is 34.7 Å². The predicted molar refractivity (Wildman–Crippen MR) is 139 cm³/mol. The molecule has 1 heterocycles. The van der Waals surface area contributed by atoms with Gasteiger partial charge in [-0.25, -0.2) is 0 Å².